The minimum atomic E-state index is 0.340. The molecule has 1 saturated heterocycles. The Morgan fingerprint density at radius 1 is 1.15 bits per heavy atom. The molecule has 0 unspecified atom stereocenters. The normalized spacial score (nSPS) is 16.0. The maximum Gasteiger partial charge on any atom is 0.226 e. The molecule has 1 aromatic carbocycles. The van der Waals surface area contributed by atoms with Crippen LogP contribution in [0.2, 0.25) is 0 Å². The van der Waals surface area contributed by atoms with Crippen LogP contribution in [0.3, 0.4) is 0 Å². The Morgan fingerprint density at radius 3 is 2.59 bits per heavy atom. The number of aromatic nitrogens is 1. The first-order chi connectivity index (χ1) is 13.1. The van der Waals surface area contributed by atoms with Crippen molar-refractivity contribution in [3.8, 4) is 17.2 Å². The van der Waals surface area contributed by atoms with Crippen molar-refractivity contribution in [1.29, 1.82) is 0 Å². The number of methoxy groups -OCH3 is 2. The molecule has 0 radical (unpaired) electrons. The van der Waals surface area contributed by atoms with E-state index >= 15 is 0 Å². The molecule has 1 aromatic heterocycles. The van der Waals surface area contributed by atoms with Gasteiger partial charge in [-0.05, 0) is 50.5 Å². The minimum absolute atomic E-state index is 0.340. The molecule has 1 fully saturated rings. The molecule has 0 atom stereocenters. The first kappa shape index (κ1) is 19.9. The number of hydrogen-bond acceptors (Lipinski definition) is 6. The fraction of sp³-hybridized carbons (Fsp3) is 0.571. The third-order valence-corrected chi connectivity index (χ3v) is 5.08. The maximum absolute atomic E-state index is 5.94. The smallest absolute Gasteiger partial charge is 0.226 e. The molecule has 0 spiro atoms. The molecular weight excluding hydrogens is 344 g/mol. The number of nitrogens with zero attached hydrogens (tertiary/aromatic N) is 2. The number of likely N-dealkylation sites (tertiary alicyclic amines) is 1. The quantitative estimate of drug-likeness (QED) is 0.658. The van der Waals surface area contributed by atoms with E-state index < -0.39 is 0 Å². The van der Waals surface area contributed by atoms with Crippen LogP contribution in [-0.4, -0.2) is 56.5 Å². The van der Waals surface area contributed by atoms with E-state index in [4.69, 9.17) is 23.6 Å². The number of piperidine rings is 1. The molecular formula is C21H30N2O4. The highest BCUT2D eigenvalue weighted by Crippen LogP contribution is 2.28. The van der Waals surface area contributed by atoms with Crippen LogP contribution in [0, 0.1) is 13.8 Å². The number of oxazole rings is 1. The molecule has 2 heterocycles. The van der Waals surface area contributed by atoms with Crippen LogP contribution < -0.4 is 4.74 Å². The molecule has 0 amide bonds. The molecule has 6 nitrogen and oxygen atoms in total. The summed E-state index contributed by atoms with van der Waals surface area (Å²) in [5.41, 5.74) is 3.06. The second kappa shape index (κ2) is 9.35. The number of benzene rings is 1. The predicted octanol–water partition coefficient (Wildman–Crippen LogP) is 3.59. The van der Waals surface area contributed by atoms with Gasteiger partial charge in [0.1, 0.15) is 11.5 Å². The summed E-state index contributed by atoms with van der Waals surface area (Å²) in [6.07, 6.45) is 2.43. The Kier molecular flexibility index (Phi) is 6.88. The van der Waals surface area contributed by atoms with Crippen LogP contribution in [0.15, 0.2) is 22.6 Å². The maximum atomic E-state index is 5.94. The van der Waals surface area contributed by atoms with Gasteiger partial charge < -0.3 is 18.6 Å². The summed E-state index contributed by atoms with van der Waals surface area (Å²) in [5.74, 6) is 2.43. The Bertz CT molecular complexity index is 736. The van der Waals surface area contributed by atoms with Gasteiger partial charge in [0, 0.05) is 32.3 Å². The van der Waals surface area contributed by atoms with Gasteiger partial charge in [-0.15, -0.1) is 0 Å². The second-order valence-corrected chi connectivity index (χ2v) is 7.05. The summed E-state index contributed by atoms with van der Waals surface area (Å²) in [5, 5.41) is 0. The van der Waals surface area contributed by atoms with Crippen LogP contribution >= 0.6 is 0 Å². The summed E-state index contributed by atoms with van der Waals surface area (Å²) in [4.78, 5) is 7.17. The van der Waals surface area contributed by atoms with Gasteiger partial charge in [-0.2, -0.15) is 0 Å². The van der Waals surface area contributed by atoms with E-state index in [9.17, 15) is 0 Å². The van der Waals surface area contributed by atoms with Gasteiger partial charge in [-0.1, -0.05) is 0 Å². The van der Waals surface area contributed by atoms with Gasteiger partial charge in [0.05, 0.1) is 32.1 Å². The molecule has 27 heavy (non-hydrogen) atoms. The summed E-state index contributed by atoms with van der Waals surface area (Å²) in [6, 6.07) is 6.00. The Labute approximate surface area is 161 Å². The third-order valence-electron chi connectivity index (χ3n) is 5.08. The molecule has 0 aliphatic carbocycles. The van der Waals surface area contributed by atoms with Gasteiger partial charge >= 0.3 is 0 Å². The van der Waals surface area contributed by atoms with Crippen LogP contribution in [-0.2, 0) is 16.0 Å². The minimum Gasteiger partial charge on any atom is -0.496 e. The first-order valence-electron chi connectivity index (χ1n) is 9.55. The van der Waals surface area contributed by atoms with Crippen LogP contribution in [0.5, 0.6) is 5.75 Å². The number of rotatable bonds is 8. The SMILES string of the molecule is COCCOC1CCN(Cc2nc(-c3ccc(OC)c(C)c3)oc2C)CC1. The molecule has 1 aliphatic heterocycles. The van der Waals surface area contributed by atoms with Crippen molar-refractivity contribution in [2.75, 3.05) is 40.5 Å². The number of ether oxygens (including phenoxy) is 3. The average Bonchev–Trinajstić information content (AvgIpc) is 3.04. The van der Waals surface area contributed by atoms with Crippen molar-refractivity contribution in [2.45, 2.75) is 39.3 Å². The van der Waals surface area contributed by atoms with E-state index in [1.165, 1.54) is 0 Å². The highest BCUT2D eigenvalue weighted by molar-refractivity contribution is 5.57. The zero-order chi connectivity index (χ0) is 19.2. The predicted molar refractivity (Wildman–Crippen MR) is 104 cm³/mol. The van der Waals surface area contributed by atoms with Crippen molar-refractivity contribution in [3.63, 3.8) is 0 Å². The van der Waals surface area contributed by atoms with E-state index in [1.807, 2.05) is 26.0 Å². The highest BCUT2D eigenvalue weighted by Gasteiger charge is 2.22. The van der Waals surface area contributed by atoms with Gasteiger partial charge in [-0.3, -0.25) is 4.90 Å². The van der Waals surface area contributed by atoms with Crippen LogP contribution in [0.4, 0.5) is 0 Å². The molecule has 6 heteroatoms. The lowest BCUT2D eigenvalue weighted by Crippen LogP contribution is -2.37. The third kappa shape index (κ3) is 5.09. The van der Waals surface area contributed by atoms with E-state index in [0.717, 1.165) is 60.8 Å². The lowest BCUT2D eigenvalue weighted by molar-refractivity contribution is -0.0159. The Morgan fingerprint density at radius 2 is 1.93 bits per heavy atom. The van der Waals surface area contributed by atoms with Gasteiger partial charge in [0.25, 0.3) is 0 Å². The van der Waals surface area contributed by atoms with E-state index in [0.29, 0.717) is 25.2 Å². The summed E-state index contributed by atoms with van der Waals surface area (Å²) in [7, 11) is 3.38. The zero-order valence-electron chi connectivity index (χ0n) is 16.8. The molecule has 148 valence electrons. The summed E-state index contributed by atoms with van der Waals surface area (Å²) < 4.78 is 22.2. The average molecular weight is 374 g/mol. The van der Waals surface area contributed by atoms with Gasteiger partial charge in [0.2, 0.25) is 5.89 Å². The standard InChI is InChI=1S/C21H30N2O4/c1-15-13-17(5-6-20(15)25-4)21-22-19(16(2)27-21)14-23-9-7-18(8-10-23)26-12-11-24-3/h5-6,13,18H,7-12,14H2,1-4H3. The lowest BCUT2D eigenvalue weighted by Gasteiger charge is -2.31. The molecule has 0 saturated carbocycles. The fourth-order valence-corrected chi connectivity index (χ4v) is 3.45. The lowest BCUT2D eigenvalue weighted by atomic mass is 10.1. The largest absolute Gasteiger partial charge is 0.496 e. The van der Waals surface area contributed by atoms with Gasteiger partial charge in [0.15, 0.2) is 0 Å². The summed E-state index contributed by atoms with van der Waals surface area (Å²) in [6.45, 7) is 8.19. The van der Waals surface area contributed by atoms with E-state index in [1.54, 1.807) is 14.2 Å². The number of aryl methyl sites for hydroxylation is 2. The van der Waals surface area contributed by atoms with Crippen molar-refractivity contribution < 1.29 is 18.6 Å². The Balaban J connectivity index is 1.58. The van der Waals surface area contributed by atoms with E-state index in [-0.39, 0.29) is 0 Å². The van der Waals surface area contributed by atoms with Crippen LogP contribution in [0.25, 0.3) is 11.5 Å². The second-order valence-electron chi connectivity index (χ2n) is 7.05. The monoisotopic (exact) mass is 374 g/mol. The Hall–Kier alpha value is -1.89. The molecule has 3 rings (SSSR count). The molecule has 2 aromatic rings. The van der Waals surface area contributed by atoms with Gasteiger partial charge in [-0.25, -0.2) is 4.98 Å². The highest BCUT2D eigenvalue weighted by atomic mass is 16.5. The van der Waals surface area contributed by atoms with Crippen LogP contribution in [0.1, 0.15) is 29.9 Å². The fourth-order valence-electron chi connectivity index (χ4n) is 3.45. The summed E-state index contributed by atoms with van der Waals surface area (Å²) >= 11 is 0. The number of hydrogen-bond donors (Lipinski definition) is 0. The van der Waals surface area contributed by atoms with E-state index in [2.05, 4.69) is 11.0 Å². The van der Waals surface area contributed by atoms with Crippen molar-refractivity contribution >= 4 is 0 Å². The zero-order valence-corrected chi connectivity index (χ0v) is 16.8. The topological polar surface area (TPSA) is 57.0 Å². The molecule has 0 bridgehead atoms. The van der Waals surface area contributed by atoms with Crippen molar-refractivity contribution in [3.05, 3.63) is 35.2 Å². The molecule has 1 aliphatic rings. The molecule has 0 N–H and O–H groups in total. The van der Waals surface area contributed by atoms with Crippen molar-refractivity contribution in [2.24, 2.45) is 0 Å². The van der Waals surface area contributed by atoms with Crippen molar-refractivity contribution in [1.82, 2.24) is 9.88 Å². The first-order valence-corrected chi connectivity index (χ1v) is 9.55.